The van der Waals surface area contributed by atoms with E-state index in [1.807, 2.05) is 49.3 Å². The summed E-state index contributed by atoms with van der Waals surface area (Å²) in [6, 6.07) is 10.8. The number of likely N-dealkylation sites (tertiary alicyclic amines) is 1. The maximum Gasteiger partial charge on any atom is 0.416 e. The van der Waals surface area contributed by atoms with Gasteiger partial charge in [-0.2, -0.15) is 30.7 Å². The molecule has 2 atom stereocenters. The topological polar surface area (TPSA) is 41.5 Å². The first-order valence-corrected chi connectivity index (χ1v) is 12.4. The zero-order chi connectivity index (χ0) is 26.8. The fourth-order valence-electron chi connectivity index (χ4n) is 4.43. The molecule has 1 aromatic heterocycles. The van der Waals surface area contributed by atoms with Crippen LogP contribution in [0.2, 0.25) is 0 Å². The number of alkyl halides is 6. The second-order valence-corrected chi connectivity index (χ2v) is 9.85. The fraction of sp³-hybridized carbons (Fsp3) is 0.440. The number of rotatable bonds is 7. The van der Waals surface area contributed by atoms with E-state index in [0.29, 0.717) is 18.8 Å². The van der Waals surface area contributed by atoms with Crippen molar-refractivity contribution >= 4 is 16.7 Å². The highest BCUT2D eigenvalue weighted by Gasteiger charge is 2.38. The molecule has 3 aromatic rings. The molecule has 1 fully saturated rings. The van der Waals surface area contributed by atoms with Crippen molar-refractivity contribution in [2.45, 2.75) is 50.5 Å². The Kier molecular flexibility index (Phi) is 8.10. The summed E-state index contributed by atoms with van der Waals surface area (Å²) >= 11 is 1.28. The molecule has 1 aliphatic heterocycles. The minimum absolute atomic E-state index is 0.126. The maximum atomic E-state index is 13.3. The molecule has 0 saturated carbocycles. The van der Waals surface area contributed by atoms with Gasteiger partial charge in [-0.15, -0.1) is 0 Å². The third-order valence-electron chi connectivity index (χ3n) is 6.12. The Morgan fingerprint density at radius 1 is 1.00 bits per heavy atom. The summed E-state index contributed by atoms with van der Waals surface area (Å²) in [6.45, 7) is 0.776. The minimum atomic E-state index is -4.91. The molecule has 2 heterocycles. The van der Waals surface area contributed by atoms with Crippen molar-refractivity contribution in [3.8, 4) is 0 Å². The molecule has 0 N–H and O–H groups in total. The van der Waals surface area contributed by atoms with Crippen molar-refractivity contribution in [1.82, 2.24) is 14.3 Å². The van der Waals surface area contributed by atoms with Crippen LogP contribution in [-0.4, -0.2) is 41.0 Å². The first-order valence-electron chi connectivity index (χ1n) is 11.6. The lowest BCUT2D eigenvalue weighted by atomic mass is 9.92. The Morgan fingerprint density at radius 3 is 2.22 bits per heavy atom. The monoisotopic (exact) mass is 544 g/mol. The quantitative estimate of drug-likeness (QED) is 0.315. The summed E-state index contributed by atoms with van der Waals surface area (Å²) in [5.41, 5.74) is -1.94. The number of benzene rings is 2. The second-order valence-electron chi connectivity index (χ2n) is 9.12. The van der Waals surface area contributed by atoms with Crippen molar-refractivity contribution < 1.29 is 31.1 Å². The molecule has 12 heteroatoms. The molecule has 0 unspecified atom stereocenters. The molecule has 1 aliphatic rings. The number of hydrogen-bond donors (Lipinski definition) is 0. The van der Waals surface area contributed by atoms with Gasteiger partial charge >= 0.3 is 12.4 Å². The van der Waals surface area contributed by atoms with Gasteiger partial charge in [0.05, 0.1) is 36.4 Å². The Bertz CT molecular complexity index is 1150. The molecule has 0 radical (unpaired) electrons. The lowest BCUT2D eigenvalue weighted by Crippen LogP contribution is -2.42. The minimum Gasteiger partial charge on any atom is -0.372 e. The van der Waals surface area contributed by atoms with Crippen LogP contribution in [0.25, 0.3) is 0 Å². The van der Waals surface area contributed by atoms with Crippen LogP contribution in [-0.2, 0) is 30.2 Å². The Hall–Kier alpha value is -2.70. The molecular weight excluding hydrogens is 518 g/mol. The van der Waals surface area contributed by atoms with Crippen LogP contribution in [0.5, 0.6) is 0 Å². The number of ether oxygens (including phenoxy) is 1. The number of nitrogens with zero attached hydrogens (tertiary/aromatic N) is 4. The molecule has 1 saturated heterocycles. The van der Waals surface area contributed by atoms with Crippen LogP contribution in [0.1, 0.15) is 47.0 Å². The highest BCUT2D eigenvalue weighted by molar-refractivity contribution is 7.09. The van der Waals surface area contributed by atoms with E-state index in [-0.39, 0.29) is 24.3 Å². The van der Waals surface area contributed by atoms with E-state index in [1.165, 1.54) is 11.5 Å². The molecule has 0 bridgehead atoms. The molecule has 5 nitrogen and oxygen atoms in total. The fourth-order valence-corrected chi connectivity index (χ4v) is 5.03. The molecule has 200 valence electrons. The molecule has 37 heavy (non-hydrogen) atoms. The normalized spacial score (nSPS) is 19.2. The number of anilines is 1. The van der Waals surface area contributed by atoms with Crippen LogP contribution in [0.15, 0.2) is 48.5 Å². The number of aromatic nitrogens is 2. The summed E-state index contributed by atoms with van der Waals surface area (Å²) in [6.07, 6.45) is -8.91. The highest BCUT2D eigenvalue weighted by Crippen LogP contribution is 2.38. The third kappa shape index (κ3) is 6.79. The Balaban J connectivity index is 1.59. The van der Waals surface area contributed by atoms with Gasteiger partial charge < -0.3 is 9.64 Å². The predicted octanol–water partition coefficient (Wildman–Crippen LogP) is 6.56. The zero-order valence-electron chi connectivity index (χ0n) is 20.2. The van der Waals surface area contributed by atoms with Gasteiger partial charge in [0.15, 0.2) is 5.82 Å². The second kappa shape index (κ2) is 11.0. The molecule has 0 aliphatic carbocycles. The van der Waals surface area contributed by atoms with E-state index in [9.17, 15) is 26.3 Å². The van der Waals surface area contributed by atoms with Gasteiger partial charge in [0, 0.05) is 25.6 Å². The summed E-state index contributed by atoms with van der Waals surface area (Å²) in [7, 11) is 3.75. The predicted molar refractivity (Wildman–Crippen MR) is 128 cm³/mol. The van der Waals surface area contributed by atoms with Gasteiger partial charge in [0.2, 0.25) is 5.13 Å². The van der Waals surface area contributed by atoms with E-state index >= 15 is 0 Å². The summed E-state index contributed by atoms with van der Waals surface area (Å²) in [5, 5.41) is 0.765. The largest absolute Gasteiger partial charge is 0.416 e. The van der Waals surface area contributed by atoms with E-state index in [2.05, 4.69) is 14.3 Å². The highest BCUT2D eigenvalue weighted by atomic mass is 32.1. The summed E-state index contributed by atoms with van der Waals surface area (Å²) in [5.74, 6) is 0.642. The molecular formula is C25H26F6N4OS. The maximum absolute atomic E-state index is 13.3. The Morgan fingerprint density at radius 2 is 1.65 bits per heavy atom. The lowest BCUT2D eigenvalue weighted by molar-refractivity contribution is -0.143. The standard InChI is InChI=1S/C25H26F6N4OS/c1-34(2)23-32-21(33-37-23)14-35-10-6-9-20(22(35)17-7-4-3-5-8-17)36-15-16-11-18(24(26,27)28)13-19(12-16)25(29,30)31/h3-5,7-8,11-13,20,22H,6,9-10,14-15H2,1-2H3/t20-,22-/m1/s1. The van der Waals surface area contributed by atoms with E-state index in [1.54, 1.807) is 0 Å². The van der Waals surface area contributed by atoms with Crippen LogP contribution in [0, 0.1) is 0 Å². The van der Waals surface area contributed by atoms with Gasteiger partial charge in [0.25, 0.3) is 0 Å². The first kappa shape index (κ1) is 27.3. The van der Waals surface area contributed by atoms with Crippen LogP contribution in [0.4, 0.5) is 31.5 Å². The average Bonchev–Trinajstić information content (AvgIpc) is 3.31. The van der Waals surface area contributed by atoms with Crippen LogP contribution >= 0.6 is 11.5 Å². The lowest BCUT2D eigenvalue weighted by Gasteiger charge is -2.41. The Labute approximate surface area is 214 Å². The van der Waals surface area contributed by atoms with Crippen molar-refractivity contribution in [2.24, 2.45) is 0 Å². The van der Waals surface area contributed by atoms with Gasteiger partial charge in [-0.3, -0.25) is 4.90 Å². The smallest absolute Gasteiger partial charge is 0.372 e. The van der Waals surface area contributed by atoms with Gasteiger partial charge in [-0.05, 0) is 48.7 Å². The van der Waals surface area contributed by atoms with Crippen molar-refractivity contribution in [3.63, 3.8) is 0 Å². The van der Waals surface area contributed by atoms with E-state index in [0.717, 1.165) is 35.8 Å². The first-order chi connectivity index (χ1) is 17.4. The summed E-state index contributed by atoms with van der Waals surface area (Å²) < 4.78 is 90.3. The zero-order valence-corrected chi connectivity index (χ0v) is 21.0. The van der Waals surface area contributed by atoms with Gasteiger partial charge in [-0.1, -0.05) is 30.3 Å². The molecule has 4 rings (SSSR count). The van der Waals surface area contributed by atoms with Crippen molar-refractivity contribution in [2.75, 3.05) is 25.5 Å². The van der Waals surface area contributed by atoms with E-state index < -0.39 is 29.6 Å². The molecule has 0 amide bonds. The SMILES string of the molecule is CN(C)c1nc(CN2CCC[C@@H](OCc3cc(C(F)(F)F)cc(C(F)(F)F)c3)[C@H]2c2ccccc2)ns1. The molecule has 2 aromatic carbocycles. The van der Waals surface area contributed by atoms with Gasteiger partial charge in [0.1, 0.15) is 0 Å². The average molecular weight is 545 g/mol. The van der Waals surface area contributed by atoms with Crippen molar-refractivity contribution in [1.29, 1.82) is 0 Å². The molecule has 0 spiro atoms. The summed E-state index contributed by atoms with van der Waals surface area (Å²) in [4.78, 5) is 8.57. The number of hydrogen-bond acceptors (Lipinski definition) is 6. The number of piperidine rings is 1. The van der Waals surface area contributed by atoms with E-state index in [4.69, 9.17) is 4.74 Å². The van der Waals surface area contributed by atoms with Gasteiger partial charge in [-0.25, -0.2) is 4.98 Å². The van der Waals surface area contributed by atoms with Crippen LogP contribution < -0.4 is 4.90 Å². The van der Waals surface area contributed by atoms with Crippen molar-refractivity contribution in [3.05, 3.63) is 76.6 Å². The number of halogens is 6. The third-order valence-corrected chi connectivity index (χ3v) is 7.04. The van der Waals surface area contributed by atoms with Crippen LogP contribution in [0.3, 0.4) is 0 Å².